The van der Waals surface area contributed by atoms with Crippen LogP contribution < -0.4 is 5.73 Å². The van der Waals surface area contributed by atoms with Crippen LogP contribution in [0.5, 0.6) is 0 Å². The molecule has 1 aliphatic rings. The van der Waals surface area contributed by atoms with Crippen molar-refractivity contribution in [2.75, 3.05) is 13.1 Å². The van der Waals surface area contributed by atoms with E-state index < -0.39 is 12.0 Å². The van der Waals surface area contributed by atoms with Gasteiger partial charge < -0.3 is 10.8 Å². The fourth-order valence-electron chi connectivity index (χ4n) is 2.16. The number of likely N-dealkylation sites (tertiary alicyclic amines) is 1. The Morgan fingerprint density at radius 1 is 1.60 bits per heavy atom. The molecule has 1 aliphatic heterocycles. The summed E-state index contributed by atoms with van der Waals surface area (Å²) in [6, 6.07) is 0.446. The Kier molecular flexibility index (Phi) is 4.54. The van der Waals surface area contributed by atoms with Crippen molar-refractivity contribution in [2.24, 2.45) is 11.7 Å². The molecule has 1 rings (SSSR count). The number of amides is 1. The van der Waals surface area contributed by atoms with Gasteiger partial charge in [-0.15, -0.1) is 0 Å². The molecule has 0 aliphatic carbocycles. The highest BCUT2D eigenvalue weighted by molar-refractivity contribution is 5.78. The number of β-amino-alcohol motifs (C(OH)–C–C–N with tert-alkyl or cyclic N) is 1. The van der Waals surface area contributed by atoms with Gasteiger partial charge in [0, 0.05) is 19.1 Å². The van der Waals surface area contributed by atoms with Crippen molar-refractivity contribution in [1.29, 1.82) is 0 Å². The number of carbonyl (C=O) groups excluding carboxylic acids is 1. The van der Waals surface area contributed by atoms with Crippen LogP contribution >= 0.6 is 0 Å². The molecule has 3 atom stereocenters. The fraction of sp³-hybridized carbons (Fsp3) is 0.909. The summed E-state index contributed by atoms with van der Waals surface area (Å²) in [7, 11) is 0. The number of nitrogens with zero attached hydrogens (tertiary/aromatic N) is 1. The molecule has 0 radical (unpaired) electrons. The summed E-state index contributed by atoms with van der Waals surface area (Å²) in [4.78, 5) is 12.9. The zero-order chi connectivity index (χ0) is 11.4. The van der Waals surface area contributed by atoms with Crippen molar-refractivity contribution < 1.29 is 9.90 Å². The Morgan fingerprint density at radius 2 is 2.27 bits per heavy atom. The Morgan fingerprint density at radius 3 is 2.80 bits per heavy atom. The van der Waals surface area contributed by atoms with Crippen LogP contribution in [-0.4, -0.2) is 41.1 Å². The smallest absolute Gasteiger partial charge is 0.247 e. The van der Waals surface area contributed by atoms with Crippen LogP contribution in [0.2, 0.25) is 0 Å². The molecule has 88 valence electrons. The van der Waals surface area contributed by atoms with Gasteiger partial charge in [-0.3, -0.25) is 9.69 Å². The number of nitrogens with two attached hydrogens (primary N) is 1. The van der Waals surface area contributed by atoms with Gasteiger partial charge in [0.1, 0.15) is 6.10 Å². The lowest BCUT2D eigenvalue weighted by Gasteiger charge is -2.38. The van der Waals surface area contributed by atoms with Gasteiger partial charge in [-0.1, -0.05) is 13.3 Å². The van der Waals surface area contributed by atoms with E-state index in [-0.39, 0.29) is 0 Å². The first-order valence-electron chi connectivity index (χ1n) is 5.76. The Hall–Kier alpha value is -0.610. The van der Waals surface area contributed by atoms with Crippen LogP contribution in [-0.2, 0) is 4.79 Å². The van der Waals surface area contributed by atoms with E-state index in [0.29, 0.717) is 18.5 Å². The molecule has 1 fully saturated rings. The van der Waals surface area contributed by atoms with Gasteiger partial charge in [0.15, 0.2) is 0 Å². The maximum Gasteiger partial charge on any atom is 0.247 e. The minimum Gasteiger partial charge on any atom is -0.382 e. The van der Waals surface area contributed by atoms with Crippen molar-refractivity contribution >= 4 is 5.91 Å². The van der Waals surface area contributed by atoms with Crippen LogP contribution in [0.4, 0.5) is 0 Å². The zero-order valence-electron chi connectivity index (χ0n) is 9.65. The lowest BCUT2D eigenvalue weighted by Crippen LogP contribution is -2.48. The fourth-order valence-corrected chi connectivity index (χ4v) is 2.16. The number of carbonyl (C=O) groups is 1. The first-order valence-corrected chi connectivity index (χ1v) is 5.76. The van der Waals surface area contributed by atoms with Gasteiger partial charge in [-0.2, -0.15) is 0 Å². The van der Waals surface area contributed by atoms with Gasteiger partial charge in [0.2, 0.25) is 5.91 Å². The average molecular weight is 214 g/mol. The predicted octanol–water partition coefficient (Wildman–Crippen LogP) is 0.343. The number of piperidine rings is 1. The van der Waals surface area contributed by atoms with Gasteiger partial charge in [0.25, 0.3) is 0 Å². The summed E-state index contributed by atoms with van der Waals surface area (Å²) in [5.74, 6) is 0.0714. The van der Waals surface area contributed by atoms with Gasteiger partial charge in [0.05, 0.1) is 0 Å². The average Bonchev–Trinajstić information content (AvgIpc) is 2.21. The highest BCUT2D eigenvalue weighted by Gasteiger charge is 2.27. The molecule has 3 N–H and O–H groups in total. The molecule has 0 aromatic rings. The molecule has 0 aromatic carbocycles. The second kappa shape index (κ2) is 5.47. The third-order valence-electron chi connectivity index (χ3n) is 3.42. The molecule has 4 heteroatoms. The van der Waals surface area contributed by atoms with E-state index in [1.165, 1.54) is 6.42 Å². The largest absolute Gasteiger partial charge is 0.382 e. The third kappa shape index (κ3) is 3.47. The van der Waals surface area contributed by atoms with Crippen LogP contribution in [0.1, 0.15) is 33.1 Å². The number of aliphatic hydroxyl groups excluding tert-OH is 1. The highest BCUT2D eigenvalue weighted by Crippen LogP contribution is 2.23. The van der Waals surface area contributed by atoms with Crippen LogP contribution in [0.15, 0.2) is 0 Å². The van der Waals surface area contributed by atoms with Crippen LogP contribution in [0, 0.1) is 5.92 Å². The lowest BCUT2D eigenvalue weighted by atomic mass is 9.91. The van der Waals surface area contributed by atoms with E-state index in [1.807, 2.05) is 0 Å². The summed E-state index contributed by atoms with van der Waals surface area (Å²) in [6.45, 7) is 5.68. The van der Waals surface area contributed by atoms with Crippen molar-refractivity contribution in [1.82, 2.24) is 4.90 Å². The van der Waals surface area contributed by atoms with Crippen LogP contribution in [0.3, 0.4) is 0 Å². The lowest BCUT2D eigenvalue weighted by molar-refractivity contribution is -0.127. The normalized spacial score (nSPS) is 30.1. The molecule has 4 nitrogen and oxygen atoms in total. The topological polar surface area (TPSA) is 66.6 Å². The SMILES string of the molecule is CCC1CCC(C)N(C[C@@H](O)C(N)=O)C1. The second-order valence-corrected chi connectivity index (χ2v) is 4.57. The standard InChI is InChI=1S/C11H22N2O2/c1-3-9-5-4-8(2)13(6-9)7-10(14)11(12)15/h8-10,14H,3-7H2,1-2H3,(H2,12,15)/t8?,9?,10-/m1/s1. The maximum atomic E-state index is 10.8. The van der Waals surface area contributed by atoms with E-state index in [1.54, 1.807) is 0 Å². The van der Waals surface area contributed by atoms with Crippen molar-refractivity contribution in [3.8, 4) is 0 Å². The number of hydrogen-bond donors (Lipinski definition) is 2. The van der Waals surface area contributed by atoms with E-state index in [0.717, 1.165) is 19.4 Å². The Balaban J connectivity index is 2.47. The molecule has 1 heterocycles. The molecule has 0 saturated carbocycles. The van der Waals surface area contributed by atoms with E-state index in [9.17, 15) is 9.90 Å². The monoisotopic (exact) mass is 214 g/mol. The first-order chi connectivity index (χ1) is 7.04. The molecule has 2 unspecified atom stereocenters. The molecular formula is C11H22N2O2. The maximum absolute atomic E-state index is 10.8. The summed E-state index contributed by atoms with van der Waals surface area (Å²) in [6.07, 6.45) is 2.53. The number of primary amides is 1. The molecule has 0 spiro atoms. The van der Waals surface area contributed by atoms with Crippen LogP contribution in [0.25, 0.3) is 0 Å². The highest BCUT2D eigenvalue weighted by atomic mass is 16.3. The molecule has 1 saturated heterocycles. The molecular weight excluding hydrogens is 192 g/mol. The van der Waals surface area contributed by atoms with Gasteiger partial charge >= 0.3 is 0 Å². The van der Waals surface area contributed by atoms with E-state index >= 15 is 0 Å². The summed E-state index contributed by atoms with van der Waals surface area (Å²) >= 11 is 0. The molecule has 0 bridgehead atoms. The van der Waals surface area contributed by atoms with Crippen molar-refractivity contribution in [3.63, 3.8) is 0 Å². The van der Waals surface area contributed by atoms with Gasteiger partial charge in [-0.05, 0) is 25.7 Å². The van der Waals surface area contributed by atoms with Crippen molar-refractivity contribution in [2.45, 2.75) is 45.3 Å². The Labute approximate surface area is 91.4 Å². The molecule has 0 aromatic heterocycles. The third-order valence-corrected chi connectivity index (χ3v) is 3.42. The second-order valence-electron chi connectivity index (χ2n) is 4.57. The van der Waals surface area contributed by atoms with Gasteiger partial charge in [-0.25, -0.2) is 0 Å². The minimum atomic E-state index is -1.02. The molecule has 1 amide bonds. The van der Waals surface area contributed by atoms with Crippen molar-refractivity contribution in [3.05, 3.63) is 0 Å². The predicted molar refractivity (Wildman–Crippen MR) is 59.3 cm³/mol. The number of rotatable bonds is 4. The van der Waals surface area contributed by atoms with E-state index in [4.69, 9.17) is 5.73 Å². The summed E-state index contributed by atoms with van der Waals surface area (Å²) < 4.78 is 0. The van der Waals surface area contributed by atoms with E-state index in [2.05, 4.69) is 18.7 Å². The Bertz CT molecular complexity index is 221. The summed E-state index contributed by atoms with van der Waals surface area (Å²) in [5, 5.41) is 9.44. The first kappa shape index (κ1) is 12.5. The number of hydrogen-bond acceptors (Lipinski definition) is 3. The quantitative estimate of drug-likeness (QED) is 0.709. The number of aliphatic hydroxyl groups is 1. The minimum absolute atomic E-state index is 0.382. The zero-order valence-corrected chi connectivity index (χ0v) is 9.65. The molecule has 15 heavy (non-hydrogen) atoms. The summed E-state index contributed by atoms with van der Waals surface area (Å²) in [5.41, 5.74) is 5.05.